The average Bonchev–Trinajstić information content (AvgIpc) is 2.32. The van der Waals surface area contributed by atoms with Gasteiger partial charge in [0.15, 0.2) is 9.84 Å². The van der Waals surface area contributed by atoms with E-state index in [0.29, 0.717) is 6.54 Å². The molecule has 0 amide bonds. The van der Waals surface area contributed by atoms with E-state index in [4.69, 9.17) is 0 Å². The van der Waals surface area contributed by atoms with Crippen LogP contribution in [-0.2, 0) is 20.0 Å². The number of hydrogen-bond acceptors (Lipinski definition) is 5. The molecule has 0 aromatic rings. The van der Waals surface area contributed by atoms with Crippen molar-refractivity contribution in [1.29, 1.82) is 0 Å². The highest BCUT2D eigenvalue weighted by atomic mass is 32.2. The predicted molar refractivity (Wildman–Crippen MR) is 79.5 cm³/mol. The lowest BCUT2D eigenvalue weighted by molar-refractivity contribution is 0.319. The Hall–Kier alpha value is -0.220. The zero-order valence-corrected chi connectivity index (χ0v) is 14.0. The van der Waals surface area contributed by atoms with Gasteiger partial charge in [0.25, 0.3) is 10.2 Å². The maximum absolute atomic E-state index is 12.4. The van der Waals surface area contributed by atoms with Crippen LogP contribution in [0.3, 0.4) is 0 Å². The Morgan fingerprint density at radius 3 is 2.60 bits per heavy atom. The minimum absolute atomic E-state index is 0.0450. The topological polar surface area (TPSA) is 86.8 Å². The average molecular weight is 327 g/mol. The van der Waals surface area contributed by atoms with Crippen molar-refractivity contribution in [2.75, 3.05) is 44.7 Å². The van der Waals surface area contributed by atoms with Crippen molar-refractivity contribution in [3.05, 3.63) is 0 Å². The van der Waals surface area contributed by atoms with Gasteiger partial charge >= 0.3 is 0 Å². The van der Waals surface area contributed by atoms with Crippen molar-refractivity contribution in [2.24, 2.45) is 0 Å². The third kappa shape index (κ3) is 4.66. The molecular weight excluding hydrogens is 302 g/mol. The van der Waals surface area contributed by atoms with Crippen LogP contribution in [0.2, 0.25) is 0 Å². The summed E-state index contributed by atoms with van der Waals surface area (Å²) < 4.78 is 50.4. The Balaban J connectivity index is 2.64. The molecule has 0 radical (unpaired) electrons. The van der Waals surface area contributed by atoms with Gasteiger partial charge in [0.05, 0.1) is 11.5 Å². The van der Waals surface area contributed by atoms with Crippen molar-refractivity contribution in [1.82, 2.24) is 13.9 Å². The quantitative estimate of drug-likeness (QED) is 0.624. The van der Waals surface area contributed by atoms with E-state index < -0.39 is 26.1 Å². The molecule has 1 fully saturated rings. The molecule has 1 heterocycles. The van der Waals surface area contributed by atoms with E-state index in [9.17, 15) is 16.8 Å². The molecule has 0 saturated carbocycles. The maximum Gasteiger partial charge on any atom is 0.282 e. The highest BCUT2D eigenvalue weighted by Gasteiger charge is 2.37. The highest BCUT2D eigenvalue weighted by Crippen LogP contribution is 2.17. The molecule has 1 aliphatic rings. The summed E-state index contributed by atoms with van der Waals surface area (Å²) in [4.78, 5) is 0. The lowest BCUT2D eigenvalue weighted by Gasteiger charge is -2.34. The Morgan fingerprint density at radius 2 is 2.05 bits per heavy atom. The van der Waals surface area contributed by atoms with Crippen LogP contribution >= 0.6 is 0 Å². The fourth-order valence-electron chi connectivity index (χ4n) is 2.22. The summed E-state index contributed by atoms with van der Waals surface area (Å²) in [5.74, 6) is -0.195. The van der Waals surface area contributed by atoms with Crippen LogP contribution in [0.4, 0.5) is 0 Å². The monoisotopic (exact) mass is 327 g/mol. The number of hydrogen-bond donors (Lipinski definition) is 1. The van der Waals surface area contributed by atoms with Gasteiger partial charge in [-0.05, 0) is 26.4 Å². The molecule has 1 saturated heterocycles. The van der Waals surface area contributed by atoms with Gasteiger partial charge in [0.1, 0.15) is 0 Å². The second kappa shape index (κ2) is 7.17. The Morgan fingerprint density at radius 1 is 1.40 bits per heavy atom. The summed E-state index contributed by atoms with van der Waals surface area (Å²) in [6, 6.07) is -0.505. The van der Waals surface area contributed by atoms with Gasteiger partial charge in [-0.1, -0.05) is 6.92 Å². The first-order valence-corrected chi connectivity index (χ1v) is 10.1. The first kappa shape index (κ1) is 17.8. The van der Waals surface area contributed by atoms with Gasteiger partial charge in [-0.15, -0.1) is 0 Å². The summed E-state index contributed by atoms with van der Waals surface area (Å²) in [5, 5.41) is 3.14. The fraction of sp³-hybridized carbons (Fsp3) is 1.00. The second-order valence-electron chi connectivity index (χ2n) is 5.11. The molecule has 7 nitrogen and oxygen atoms in total. The van der Waals surface area contributed by atoms with Crippen molar-refractivity contribution < 1.29 is 16.8 Å². The minimum atomic E-state index is -3.57. The van der Waals surface area contributed by atoms with Crippen LogP contribution in [0, 0.1) is 0 Å². The van der Waals surface area contributed by atoms with Crippen molar-refractivity contribution in [3.63, 3.8) is 0 Å². The number of nitrogens with one attached hydrogen (secondary N) is 1. The van der Waals surface area contributed by atoms with E-state index in [2.05, 4.69) is 5.32 Å². The lowest BCUT2D eigenvalue weighted by Crippen LogP contribution is -2.53. The summed E-state index contributed by atoms with van der Waals surface area (Å²) in [5.41, 5.74) is 0. The van der Waals surface area contributed by atoms with Crippen LogP contribution in [-0.4, -0.2) is 76.2 Å². The van der Waals surface area contributed by atoms with E-state index in [1.54, 1.807) is 6.92 Å². The molecular formula is C11H25N3O4S2. The zero-order valence-electron chi connectivity index (χ0n) is 12.4. The first-order valence-electron chi connectivity index (χ1n) is 6.85. The standard InChI is InChI=1S/C11H25N3O4S2/c1-4-12-6-5-7-13(3)20(17,18)14-8-9-19(15,16)10-11(14)2/h11-12H,4-10H2,1-3H3. The normalized spacial score (nSPS) is 24.1. The van der Waals surface area contributed by atoms with Gasteiger partial charge in [0, 0.05) is 26.2 Å². The van der Waals surface area contributed by atoms with Crippen LogP contribution < -0.4 is 5.32 Å². The van der Waals surface area contributed by atoms with E-state index in [1.165, 1.54) is 15.7 Å². The van der Waals surface area contributed by atoms with Gasteiger partial charge in [-0.3, -0.25) is 0 Å². The molecule has 1 unspecified atom stereocenters. The van der Waals surface area contributed by atoms with E-state index >= 15 is 0 Å². The summed E-state index contributed by atoms with van der Waals surface area (Å²) in [7, 11) is -5.15. The van der Waals surface area contributed by atoms with Crippen LogP contribution in [0.15, 0.2) is 0 Å². The molecule has 0 aromatic heterocycles. The molecule has 1 aliphatic heterocycles. The largest absolute Gasteiger partial charge is 0.317 e. The van der Waals surface area contributed by atoms with Gasteiger partial charge in [-0.2, -0.15) is 17.0 Å². The van der Waals surface area contributed by atoms with Gasteiger partial charge in [0.2, 0.25) is 0 Å². The zero-order chi connectivity index (χ0) is 15.4. The summed E-state index contributed by atoms with van der Waals surface area (Å²) >= 11 is 0. The van der Waals surface area contributed by atoms with Crippen molar-refractivity contribution in [2.45, 2.75) is 26.3 Å². The fourth-order valence-corrected chi connectivity index (χ4v) is 5.56. The molecule has 9 heteroatoms. The maximum atomic E-state index is 12.4. The molecule has 1 N–H and O–H groups in total. The van der Waals surface area contributed by atoms with E-state index in [0.717, 1.165) is 19.5 Å². The third-order valence-electron chi connectivity index (χ3n) is 3.38. The van der Waals surface area contributed by atoms with Crippen molar-refractivity contribution in [3.8, 4) is 0 Å². The predicted octanol–water partition coefficient (Wildman–Crippen LogP) is -0.718. The summed E-state index contributed by atoms with van der Waals surface area (Å²) in [6.45, 7) is 5.73. The van der Waals surface area contributed by atoms with Crippen molar-refractivity contribution >= 4 is 20.0 Å². The minimum Gasteiger partial charge on any atom is -0.317 e. The van der Waals surface area contributed by atoms with Crippen LogP contribution in [0.1, 0.15) is 20.3 Å². The van der Waals surface area contributed by atoms with E-state index in [-0.39, 0.29) is 18.1 Å². The lowest BCUT2D eigenvalue weighted by atomic mass is 10.4. The van der Waals surface area contributed by atoms with Gasteiger partial charge in [-0.25, -0.2) is 8.42 Å². The number of rotatable bonds is 7. The molecule has 1 rings (SSSR count). The molecule has 20 heavy (non-hydrogen) atoms. The van der Waals surface area contributed by atoms with Crippen LogP contribution in [0.25, 0.3) is 0 Å². The second-order valence-corrected chi connectivity index (χ2v) is 9.33. The van der Waals surface area contributed by atoms with Gasteiger partial charge < -0.3 is 5.32 Å². The molecule has 0 spiro atoms. The third-order valence-corrected chi connectivity index (χ3v) is 7.28. The molecule has 0 bridgehead atoms. The molecule has 0 aliphatic carbocycles. The Labute approximate surface area is 122 Å². The summed E-state index contributed by atoms with van der Waals surface area (Å²) in [6.07, 6.45) is 0.726. The number of nitrogens with zero attached hydrogens (tertiary/aromatic N) is 2. The number of sulfone groups is 1. The molecule has 120 valence electrons. The Bertz CT molecular complexity index is 504. The highest BCUT2D eigenvalue weighted by molar-refractivity contribution is 7.91. The first-order chi connectivity index (χ1) is 9.20. The SMILES string of the molecule is CCNCCCN(C)S(=O)(=O)N1CCS(=O)(=O)CC1C. The smallest absolute Gasteiger partial charge is 0.282 e. The molecule has 0 aromatic carbocycles. The van der Waals surface area contributed by atoms with Crippen LogP contribution in [0.5, 0.6) is 0 Å². The molecule has 1 atom stereocenters. The van der Waals surface area contributed by atoms with E-state index in [1.807, 2.05) is 6.92 Å². The Kier molecular flexibility index (Phi) is 6.39.